The molecule has 3 rings (SSSR count). The molecule has 0 N–H and O–H groups in total. The number of halogens is 2. The maximum absolute atomic E-state index is 12.8. The molecule has 6 nitrogen and oxygen atoms in total. The third-order valence-electron chi connectivity index (χ3n) is 2.62. The highest BCUT2D eigenvalue weighted by atomic mass is 79.9. The minimum atomic E-state index is -0.531. The zero-order chi connectivity index (χ0) is 14.8. The summed E-state index contributed by atoms with van der Waals surface area (Å²) in [6.07, 6.45) is 3.64. The van der Waals surface area contributed by atoms with Gasteiger partial charge in [0, 0.05) is 10.7 Å². The molecule has 21 heavy (non-hydrogen) atoms. The summed E-state index contributed by atoms with van der Waals surface area (Å²) in [4.78, 5) is 15.8. The monoisotopic (exact) mass is 350 g/mol. The van der Waals surface area contributed by atoms with Crippen LogP contribution in [0.1, 0.15) is 0 Å². The van der Waals surface area contributed by atoms with Gasteiger partial charge in [0.15, 0.2) is 5.82 Å². The highest BCUT2D eigenvalue weighted by Gasteiger charge is 2.11. The van der Waals surface area contributed by atoms with Crippen molar-refractivity contribution in [3.63, 3.8) is 0 Å². The molecule has 0 aliphatic heterocycles. The molecule has 2 aromatic heterocycles. The van der Waals surface area contributed by atoms with E-state index in [2.05, 4.69) is 35.9 Å². The summed E-state index contributed by atoms with van der Waals surface area (Å²) < 4.78 is 24.1. The number of aromatic nitrogens is 4. The van der Waals surface area contributed by atoms with Gasteiger partial charge in [0.1, 0.15) is 5.75 Å². The zero-order valence-electron chi connectivity index (χ0n) is 10.7. The van der Waals surface area contributed by atoms with Crippen molar-refractivity contribution >= 4 is 26.8 Å². The van der Waals surface area contributed by atoms with Gasteiger partial charge < -0.3 is 9.47 Å². The Morgan fingerprint density at radius 3 is 2.48 bits per heavy atom. The Labute approximate surface area is 127 Å². The maximum Gasteiger partial charge on any atom is 0.322 e. The number of benzene rings is 1. The highest BCUT2D eigenvalue weighted by molar-refractivity contribution is 9.10. The van der Waals surface area contributed by atoms with E-state index in [1.54, 1.807) is 18.3 Å². The van der Waals surface area contributed by atoms with Crippen LogP contribution in [0.3, 0.4) is 0 Å². The Kier molecular flexibility index (Phi) is 3.61. The third kappa shape index (κ3) is 2.75. The second-order valence-corrected chi connectivity index (χ2v) is 4.80. The van der Waals surface area contributed by atoms with Gasteiger partial charge in [0.25, 0.3) is 0 Å². The van der Waals surface area contributed by atoms with Gasteiger partial charge in [-0.05, 0) is 28.1 Å². The van der Waals surface area contributed by atoms with Gasteiger partial charge >= 0.3 is 12.0 Å². The fourth-order valence-electron chi connectivity index (χ4n) is 1.68. The molecule has 0 saturated heterocycles. The molecule has 0 spiro atoms. The van der Waals surface area contributed by atoms with Gasteiger partial charge in [0.2, 0.25) is 0 Å². The van der Waals surface area contributed by atoms with Crippen molar-refractivity contribution in [1.82, 2.24) is 19.9 Å². The Bertz CT molecular complexity index is 798. The fourth-order valence-corrected chi connectivity index (χ4v) is 2.12. The van der Waals surface area contributed by atoms with Crippen LogP contribution in [0.4, 0.5) is 4.39 Å². The molecular formula is C13H8BrFN4O2. The Morgan fingerprint density at radius 2 is 1.76 bits per heavy atom. The van der Waals surface area contributed by atoms with Crippen molar-refractivity contribution in [3.8, 4) is 17.8 Å². The van der Waals surface area contributed by atoms with E-state index in [-0.39, 0.29) is 12.0 Å². The molecule has 0 fully saturated rings. The van der Waals surface area contributed by atoms with Crippen LogP contribution in [-0.4, -0.2) is 27.0 Å². The predicted octanol–water partition coefficient (Wildman–Crippen LogP) is 3.12. The van der Waals surface area contributed by atoms with Crippen molar-refractivity contribution < 1.29 is 13.9 Å². The van der Waals surface area contributed by atoms with Crippen LogP contribution < -0.4 is 9.47 Å². The highest BCUT2D eigenvalue weighted by Crippen LogP contribution is 2.32. The first-order valence-corrected chi connectivity index (χ1v) is 6.61. The quantitative estimate of drug-likeness (QED) is 0.722. The Hall–Kier alpha value is -2.35. The summed E-state index contributed by atoms with van der Waals surface area (Å²) in [5.74, 6) is -0.0708. The van der Waals surface area contributed by atoms with Crippen LogP contribution in [0.2, 0.25) is 0 Å². The van der Waals surface area contributed by atoms with Crippen LogP contribution >= 0.6 is 15.9 Å². The molecule has 0 atom stereocenters. The SMILES string of the molecule is COc1ncc2c(Oc3ncc(F)cn3)ccc(Br)c2n1. The summed E-state index contributed by atoms with van der Waals surface area (Å²) in [7, 11) is 1.49. The van der Waals surface area contributed by atoms with E-state index in [4.69, 9.17) is 9.47 Å². The molecule has 8 heteroatoms. The lowest BCUT2D eigenvalue weighted by Crippen LogP contribution is -1.96. The Balaban J connectivity index is 2.06. The van der Waals surface area contributed by atoms with Crippen LogP contribution in [-0.2, 0) is 0 Å². The minimum absolute atomic E-state index is 0.0378. The molecule has 0 bridgehead atoms. The normalized spacial score (nSPS) is 10.6. The summed E-state index contributed by atoms with van der Waals surface area (Å²) in [5, 5.41) is 0.651. The average molecular weight is 351 g/mol. The van der Waals surface area contributed by atoms with E-state index in [0.29, 0.717) is 16.7 Å². The lowest BCUT2D eigenvalue weighted by molar-refractivity contribution is 0.381. The molecule has 0 aliphatic rings. The van der Waals surface area contributed by atoms with Crippen molar-refractivity contribution in [2.75, 3.05) is 7.11 Å². The molecule has 3 aromatic rings. The second-order valence-electron chi connectivity index (χ2n) is 3.95. The van der Waals surface area contributed by atoms with Crippen LogP contribution in [0, 0.1) is 5.82 Å². The number of fused-ring (bicyclic) bond motifs is 1. The maximum atomic E-state index is 12.8. The lowest BCUT2D eigenvalue weighted by Gasteiger charge is -2.08. The van der Waals surface area contributed by atoms with Crippen LogP contribution in [0.15, 0.2) is 35.2 Å². The first-order chi connectivity index (χ1) is 10.2. The van der Waals surface area contributed by atoms with E-state index >= 15 is 0 Å². The van der Waals surface area contributed by atoms with Gasteiger partial charge in [-0.25, -0.2) is 19.3 Å². The number of methoxy groups -OCH3 is 1. The number of ether oxygens (including phenoxy) is 2. The van der Waals surface area contributed by atoms with E-state index in [1.807, 2.05) is 0 Å². The summed E-state index contributed by atoms with van der Waals surface area (Å²) in [6.45, 7) is 0. The van der Waals surface area contributed by atoms with Gasteiger partial charge in [-0.15, -0.1) is 0 Å². The Morgan fingerprint density at radius 1 is 1.05 bits per heavy atom. The first-order valence-electron chi connectivity index (χ1n) is 5.82. The van der Waals surface area contributed by atoms with Crippen LogP contribution in [0.25, 0.3) is 10.9 Å². The van der Waals surface area contributed by atoms with Crippen molar-refractivity contribution in [1.29, 1.82) is 0 Å². The van der Waals surface area contributed by atoms with E-state index in [1.165, 1.54) is 7.11 Å². The van der Waals surface area contributed by atoms with Crippen LogP contribution in [0.5, 0.6) is 17.8 Å². The fraction of sp³-hybridized carbons (Fsp3) is 0.0769. The van der Waals surface area contributed by atoms with Gasteiger partial charge in [-0.1, -0.05) is 0 Å². The van der Waals surface area contributed by atoms with Gasteiger partial charge in [-0.3, -0.25) is 0 Å². The zero-order valence-corrected chi connectivity index (χ0v) is 12.3. The lowest BCUT2D eigenvalue weighted by atomic mass is 10.2. The second kappa shape index (κ2) is 5.57. The topological polar surface area (TPSA) is 70.0 Å². The van der Waals surface area contributed by atoms with Crippen molar-refractivity contribution in [3.05, 3.63) is 41.0 Å². The number of hydrogen-bond acceptors (Lipinski definition) is 6. The molecule has 0 aliphatic carbocycles. The number of nitrogens with zero attached hydrogens (tertiary/aromatic N) is 4. The number of rotatable bonds is 3. The van der Waals surface area contributed by atoms with Crippen molar-refractivity contribution in [2.45, 2.75) is 0 Å². The van der Waals surface area contributed by atoms with E-state index < -0.39 is 5.82 Å². The minimum Gasteiger partial charge on any atom is -0.467 e. The molecule has 0 amide bonds. The largest absolute Gasteiger partial charge is 0.467 e. The molecule has 0 radical (unpaired) electrons. The molecule has 0 saturated carbocycles. The van der Waals surface area contributed by atoms with E-state index in [9.17, 15) is 4.39 Å². The smallest absolute Gasteiger partial charge is 0.322 e. The molecule has 2 heterocycles. The number of hydrogen-bond donors (Lipinski definition) is 0. The standard InChI is InChI=1S/C13H8BrFN4O2/c1-20-13-18-6-8-10(3-2-9(14)11(8)19-13)21-12-16-4-7(15)5-17-12/h2-6H,1H3. The first kappa shape index (κ1) is 13.6. The summed E-state index contributed by atoms with van der Waals surface area (Å²) in [6, 6.07) is 3.78. The summed E-state index contributed by atoms with van der Waals surface area (Å²) in [5.41, 5.74) is 0.626. The molecule has 0 unspecified atom stereocenters. The van der Waals surface area contributed by atoms with Gasteiger partial charge in [-0.2, -0.15) is 4.98 Å². The van der Waals surface area contributed by atoms with E-state index in [0.717, 1.165) is 16.9 Å². The molecule has 1 aromatic carbocycles. The molecular weight excluding hydrogens is 343 g/mol. The van der Waals surface area contributed by atoms with Crippen molar-refractivity contribution in [2.24, 2.45) is 0 Å². The summed E-state index contributed by atoms with van der Waals surface area (Å²) >= 11 is 3.41. The predicted molar refractivity (Wildman–Crippen MR) is 75.9 cm³/mol. The van der Waals surface area contributed by atoms with Gasteiger partial charge in [0.05, 0.1) is 30.4 Å². The molecule has 106 valence electrons. The third-order valence-corrected chi connectivity index (χ3v) is 3.26. The average Bonchev–Trinajstić information content (AvgIpc) is 2.52.